The summed E-state index contributed by atoms with van der Waals surface area (Å²) in [5, 5.41) is 2.98. The molecule has 2 fully saturated rings. The summed E-state index contributed by atoms with van der Waals surface area (Å²) in [6.45, 7) is 4.75. The lowest BCUT2D eigenvalue weighted by Gasteiger charge is -2.28. The van der Waals surface area contributed by atoms with Crippen molar-refractivity contribution in [3.05, 3.63) is 47.7 Å². The molecular weight excluding hydrogens is 398 g/mol. The third-order valence-electron chi connectivity index (χ3n) is 5.92. The first-order valence-corrected chi connectivity index (χ1v) is 10.5. The Kier molecular flexibility index (Phi) is 6.15. The first kappa shape index (κ1) is 21.2. The molecule has 0 aromatic heterocycles. The molecule has 3 aliphatic rings. The van der Waals surface area contributed by atoms with Gasteiger partial charge in [-0.15, -0.1) is 0 Å². The minimum absolute atomic E-state index is 0.248. The summed E-state index contributed by atoms with van der Waals surface area (Å²) in [5.74, 6) is -0.707. The Hall–Kier alpha value is -3.04. The maximum Gasteiger partial charge on any atom is 0.417 e. The largest absolute Gasteiger partial charge is 0.417 e. The van der Waals surface area contributed by atoms with Gasteiger partial charge < -0.3 is 10.1 Å². The molecule has 1 unspecified atom stereocenters. The summed E-state index contributed by atoms with van der Waals surface area (Å²) < 4.78 is 7.14. The van der Waals surface area contributed by atoms with Gasteiger partial charge in [0.2, 0.25) is 0 Å². The normalized spacial score (nSPS) is 22.0. The molecule has 3 heterocycles. The number of morpholine rings is 1. The van der Waals surface area contributed by atoms with Crippen molar-refractivity contribution >= 4 is 23.7 Å². The number of imide groups is 1. The molecule has 0 saturated carbocycles. The maximum absolute atomic E-state index is 13.1. The minimum atomic E-state index is -0.656. The number of amides is 4. The van der Waals surface area contributed by atoms with Gasteiger partial charge in [-0.05, 0) is 11.6 Å². The summed E-state index contributed by atoms with van der Waals surface area (Å²) in [6.07, 6.45) is 1.67. The predicted octanol–water partition coefficient (Wildman–Crippen LogP) is 0.0835. The second kappa shape index (κ2) is 8.99. The molecule has 1 N–H and O–H groups in total. The van der Waals surface area contributed by atoms with E-state index in [1.54, 1.807) is 17.7 Å². The Labute approximate surface area is 181 Å². The van der Waals surface area contributed by atoms with E-state index >= 15 is 0 Å². The van der Waals surface area contributed by atoms with Gasteiger partial charge in [0.05, 0.1) is 20.3 Å². The molecule has 1 aromatic carbocycles. The zero-order valence-electron chi connectivity index (χ0n) is 17.9. The quantitative estimate of drug-likeness (QED) is 0.652. The van der Waals surface area contributed by atoms with Crippen molar-refractivity contribution in [1.29, 1.82) is 0 Å². The van der Waals surface area contributed by atoms with E-state index < -0.39 is 11.9 Å². The van der Waals surface area contributed by atoms with Gasteiger partial charge in [-0.1, -0.05) is 30.3 Å². The minimum Gasteiger partial charge on any atom is -0.379 e. The highest BCUT2D eigenvalue weighted by atomic mass is 16.5. The van der Waals surface area contributed by atoms with Crippen LogP contribution in [0.15, 0.2) is 42.1 Å². The molecule has 31 heavy (non-hydrogen) atoms. The van der Waals surface area contributed by atoms with Crippen LogP contribution in [-0.2, 0) is 20.9 Å². The Morgan fingerprint density at radius 2 is 1.84 bits per heavy atom. The van der Waals surface area contributed by atoms with Gasteiger partial charge in [0.1, 0.15) is 6.54 Å². The van der Waals surface area contributed by atoms with E-state index in [4.69, 9.17) is 4.74 Å². The van der Waals surface area contributed by atoms with Gasteiger partial charge in [0.15, 0.2) is 11.6 Å². The van der Waals surface area contributed by atoms with Crippen LogP contribution in [-0.4, -0.2) is 96.4 Å². The van der Waals surface area contributed by atoms with Gasteiger partial charge in [-0.3, -0.25) is 14.5 Å². The smallest absolute Gasteiger partial charge is 0.379 e. The molecule has 1 aromatic rings. The fourth-order valence-corrected chi connectivity index (χ4v) is 4.18. The van der Waals surface area contributed by atoms with Crippen molar-refractivity contribution in [2.45, 2.75) is 6.54 Å². The van der Waals surface area contributed by atoms with E-state index in [-0.39, 0.29) is 11.8 Å². The lowest BCUT2D eigenvalue weighted by Crippen LogP contribution is -2.57. The Morgan fingerprint density at radius 1 is 1.13 bits per heavy atom. The lowest BCUT2D eigenvalue weighted by atomic mass is 10.0. The molecule has 0 aliphatic carbocycles. The van der Waals surface area contributed by atoms with Crippen molar-refractivity contribution in [3.63, 3.8) is 0 Å². The molecule has 0 bridgehead atoms. The van der Waals surface area contributed by atoms with E-state index in [1.807, 2.05) is 30.3 Å². The van der Waals surface area contributed by atoms with E-state index in [0.29, 0.717) is 37.8 Å². The number of hydrogen-bond acceptors (Lipinski definition) is 5. The molecule has 0 radical (unpaired) electrons. The number of nitrogens with one attached hydrogen (secondary N) is 1. The van der Waals surface area contributed by atoms with Crippen LogP contribution in [0.1, 0.15) is 5.56 Å². The summed E-state index contributed by atoms with van der Waals surface area (Å²) >= 11 is 0. The van der Waals surface area contributed by atoms with Gasteiger partial charge in [0, 0.05) is 33.2 Å². The molecule has 2 saturated heterocycles. The van der Waals surface area contributed by atoms with E-state index in [9.17, 15) is 14.4 Å². The number of carbonyl (C=O) groups excluding carboxylic acids is 3. The second-order valence-electron chi connectivity index (χ2n) is 7.91. The molecule has 4 amide bonds. The SMILES string of the molecule is CN1C(=O)C2C=C(C(=O)NCCN3CCOCC3)[N+](Cc3ccccc3)=C2N(C)C1=O. The third kappa shape index (κ3) is 4.24. The summed E-state index contributed by atoms with van der Waals surface area (Å²) in [5.41, 5.74) is 1.38. The lowest BCUT2D eigenvalue weighted by molar-refractivity contribution is -0.490. The molecule has 164 valence electrons. The van der Waals surface area contributed by atoms with Crippen LogP contribution in [0.3, 0.4) is 0 Å². The fraction of sp³-hybridized carbons (Fsp3) is 0.455. The molecule has 9 heteroatoms. The van der Waals surface area contributed by atoms with Crippen molar-refractivity contribution < 1.29 is 23.7 Å². The van der Waals surface area contributed by atoms with Gasteiger partial charge >= 0.3 is 6.03 Å². The Bertz CT molecular complexity index is 936. The van der Waals surface area contributed by atoms with Crippen LogP contribution in [0.5, 0.6) is 0 Å². The second-order valence-corrected chi connectivity index (χ2v) is 7.91. The predicted molar refractivity (Wildman–Crippen MR) is 113 cm³/mol. The van der Waals surface area contributed by atoms with Crippen molar-refractivity contribution in [3.8, 4) is 0 Å². The molecule has 3 aliphatic heterocycles. The number of amidine groups is 1. The van der Waals surface area contributed by atoms with Crippen molar-refractivity contribution in [1.82, 2.24) is 20.0 Å². The summed E-state index contributed by atoms with van der Waals surface area (Å²) in [4.78, 5) is 43.2. The molecular formula is C22H28N5O4+. The van der Waals surface area contributed by atoms with Crippen molar-refractivity contribution in [2.75, 3.05) is 53.5 Å². The Morgan fingerprint density at radius 3 is 2.55 bits per heavy atom. The summed E-state index contributed by atoms with van der Waals surface area (Å²) in [6, 6.07) is 9.28. The maximum atomic E-state index is 13.1. The zero-order valence-corrected chi connectivity index (χ0v) is 17.9. The van der Waals surface area contributed by atoms with Gasteiger partial charge in [0.25, 0.3) is 17.6 Å². The number of hydrogen-bond donors (Lipinski definition) is 1. The van der Waals surface area contributed by atoms with E-state index in [0.717, 1.165) is 30.1 Å². The highest BCUT2D eigenvalue weighted by molar-refractivity contribution is 6.19. The monoisotopic (exact) mass is 426 g/mol. The van der Waals surface area contributed by atoms with Gasteiger partial charge in [-0.25, -0.2) is 14.3 Å². The van der Waals surface area contributed by atoms with Gasteiger partial charge in [-0.2, -0.15) is 4.90 Å². The molecule has 0 spiro atoms. The molecule has 9 nitrogen and oxygen atoms in total. The fourth-order valence-electron chi connectivity index (χ4n) is 4.18. The van der Waals surface area contributed by atoms with Crippen molar-refractivity contribution in [2.24, 2.45) is 5.92 Å². The number of fused-ring (bicyclic) bond motifs is 1. The third-order valence-corrected chi connectivity index (χ3v) is 5.92. The average Bonchev–Trinajstić information content (AvgIpc) is 3.17. The topological polar surface area (TPSA) is 85.2 Å². The standard InChI is InChI=1S/C22H27N5O4/c1-24-20-17(21(29)25(2)22(24)30)14-18(27(20)15-16-6-4-3-5-7-16)19(28)23-8-9-26-10-12-31-13-11-26/h3-7,14,17H,8-13,15H2,1-2H3/p+1. The average molecular weight is 426 g/mol. The van der Waals surface area contributed by atoms with E-state index in [2.05, 4.69) is 10.2 Å². The van der Waals surface area contributed by atoms with Crippen LogP contribution < -0.4 is 5.32 Å². The number of benzene rings is 1. The van der Waals surface area contributed by atoms with Crippen LogP contribution in [0, 0.1) is 5.92 Å². The summed E-state index contributed by atoms with van der Waals surface area (Å²) in [7, 11) is 3.10. The molecule has 1 atom stereocenters. The van der Waals surface area contributed by atoms with Crippen LogP contribution in [0.2, 0.25) is 0 Å². The first-order chi connectivity index (χ1) is 15.0. The number of nitrogens with zero attached hydrogens (tertiary/aromatic N) is 4. The number of rotatable bonds is 6. The van der Waals surface area contributed by atoms with Crippen LogP contribution in [0.4, 0.5) is 4.79 Å². The zero-order chi connectivity index (χ0) is 22.0. The van der Waals surface area contributed by atoms with Crippen LogP contribution >= 0.6 is 0 Å². The highest BCUT2D eigenvalue weighted by Crippen LogP contribution is 2.27. The first-order valence-electron chi connectivity index (χ1n) is 10.5. The Balaban J connectivity index is 1.57. The molecule has 4 rings (SSSR count). The highest BCUT2D eigenvalue weighted by Gasteiger charge is 2.51. The number of ether oxygens (including phenoxy) is 1. The number of carbonyl (C=O) groups is 3. The number of urea groups is 1. The van der Waals surface area contributed by atoms with E-state index in [1.165, 1.54) is 11.9 Å². The van der Waals surface area contributed by atoms with Crippen LogP contribution in [0.25, 0.3) is 0 Å².